The first kappa shape index (κ1) is 20.2. The minimum atomic E-state index is -4.50. The molecular formula is C19H13Cl2F3N2O2. The first-order valence-electron chi connectivity index (χ1n) is 8.05. The zero-order chi connectivity index (χ0) is 20.5. The fourth-order valence-electron chi connectivity index (χ4n) is 2.70. The monoisotopic (exact) mass is 428 g/mol. The van der Waals surface area contributed by atoms with Crippen molar-refractivity contribution in [2.24, 2.45) is 0 Å². The van der Waals surface area contributed by atoms with Crippen molar-refractivity contribution in [1.82, 2.24) is 9.78 Å². The van der Waals surface area contributed by atoms with Gasteiger partial charge in [0.15, 0.2) is 0 Å². The Morgan fingerprint density at radius 1 is 1.18 bits per heavy atom. The number of benzene rings is 2. The first-order chi connectivity index (χ1) is 13.1. The summed E-state index contributed by atoms with van der Waals surface area (Å²) in [7, 11) is 0. The summed E-state index contributed by atoms with van der Waals surface area (Å²) in [5, 5.41) is 14.4. The molecule has 0 fully saturated rings. The number of fused-ring (bicyclic) bond motifs is 1. The third kappa shape index (κ3) is 4.48. The molecule has 146 valence electrons. The van der Waals surface area contributed by atoms with E-state index in [0.29, 0.717) is 26.7 Å². The normalized spacial score (nSPS) is 12.2. The zero-order valence-corrected chi connectivity index (χ0v) is 15.7. The average Bonchev–Trinajstić information content (AvgIpc) is 2.93. The van der Waals surface area contributed by atoms with E-state index in [4.69, 9.17) is 28.3 Å². The van der Waals surface area contributed by atoms with Crippen molar-refractivity contribution in [2.45, 2.75) is 19.1 Å². The van der Waals surface area contributed by atoms with Crippen LogP contribution in [0.2, 0.25) is 10.0 Å². The molecule has 0 saturated carbocycles. The Labute approximate surface area is 167 Å². The molecule has 0 aliphatic carbocycles. The van der Waals surface area contributed by atoms with Crippen molar-refractivity contribution in [1.29, 1.82) is 0 Å². The van der Waals surface area contributed by atoms with E-state index in [0.717, 1.165) is 12.1 Å². The summed E-state index contributed by atoms with van der Waals surface area (Å²) < 4.78 is 40.8. The zero-order valence-electron chi connectivity index (χ0n) is 14.2. The number of rotatable bonds is 5. The third-order valence-electron chi connectivity index (χ3n) is 4.01. The summed E-state index contributed by atoms with van der Waals surface area (Å²) in [6.45, 7) is 0.126. The molecule has 0 saturated heterocycles. The van der Waals surface area contributed by atoms with Crippen LogP contribution in [0.1, 0.15) is 23.2 Å². The van der Waals surface area contributed by atoms with Gasteiger partial charge in [-0.1, -0.05) is 35.3 Å². The van der Waals surface area contributed by atoms with Crippen LogP contribution in [0.15, 0.2) is 42.5 Å². The van der Waals surface area contributed by atoms with E-state index in [1.54, 1.807) is 18.2 Å². The molecule has 0 aliphatic rings. The highest BCUT2D eigenvalue weighted by molar-refractivity contribution is 6.35. The molecule has 0 radical (unpaired) electrons. The van der Waals surface area contributed by atoms with Gasteiger partial charge in [-0.2, -0.15) is 18.3 Å². The van der Waals surface area contributed by atoms with Gasteiger partial charge in [0.05, 0.1) is 29.7 Å². The van der Waals surface area contributed by atoms with E-state index in [1.807, 2.05) is 0 Å². The molecular weight excluding hydrogens is 416 g/mol. The summed E-state index contributed by atoms with van der Waals surface area (Å²) in [4.78, 5) is 10.7. The highest BCUT2D eigenvalue weighted by Gasteiger charge is 2.31. The van der Waals surface area contributed by atoms with Gasteiger partial charge < -0.3 is 5.11 Å². The average molecular weight is 429 g/mol. The smallest absolute Gasteiger partial charge is 0.416 e. The second-order valence-electron chi connectivity index (χ2n) is 6.01. The second-order valence-corrected chi connectivity index (χ2v) is 6.85. The first-order valence-corrected chi connectivity index (χ1v) is 8.81. The number of aliphatic carboxylic acids is 1. The van der Waals surface area contributed by atoms with Gasteiger partial charge in [-0.05, 0) is 42.0 Å². The lowest BCUT2D eigenvalue weighted by Gasteiger charge is -2.09. The van der Waals surface area contributed by atoms with Crippen LogP contribution in [0.3, 0.4) is 0 Å². The van der Waals surface area contributed by atoms with Crippen LogP contribution < -0.4 is 0 Å². The number of carboxylic acids is 1. The van der Waals surface area contributed by atoms with Crippen molar-refractivity contribution in [2.75, 3.05) is 0 Å². The highest BCUT2D eigenvalue weighted by Crippen LogP contribution is 2.33. The summed E-state index contributed by atoms with van der Waals surface area (Å²) in [5.41, 5.74) is 0.462. The minimum absolute atomic E-state index is 0.126. The Morgan fingerprint density at radius 2 is 1.93 bits per heavy atom. The number of nitrogens with zero attached hydrogens (tertiary/aromatic N) is 2. The number of aromatic nitrogens is 2. The molecule has 0 spiro atoms. The van der Waals surface area contributed by atoms with Gasteiger partial charge >= 0.3 is 12.1 Å². The molecule has 1 aromatic heterocycles. The van der Waals surface area contributed by atoms with E-state index in [2.05, 4.69) is 5.10 Å². The fraction of sp³-hybridized carbons (Fsp3) is 0.158. The van der Waals surface area contributed by atoms with Crippen molar-refractivity contribution < 1.29 is 23.1 Å². The molecule has 2 aromatic carbocycles. The van der Waals surface area contributed by atoms with Gasteiger partial charge in [0.25, 0.3) is 0 Å². The maximum absolute atomic E-state index is 13.1. The largest absolute Gasteiger partial charge is 0.481 e. The summed E-state index contributed by atoms with van der Waals surface area (Å²) >= 11 is 12.1. The lowest BCUT2D eigenvalue weighted by atomic mass is 10.1. The van der Waals surface area contributed by atoms with Crippen molar-refractivity contribution in [3.8, 4) is 0 Å². The van der Waals surface area contributed by atoms with E-state index in [1.165, 1.54) is 22.9 Å². The molecule has 4 nitrogen and oxygen atoms in total. The molecule has 0 amide bonds. The van der Waals surface area contributed by atoms with Gasteiger partial charge in [-0.15, -0.1) is 0 Å². The lowest BCUT2D eigenvalue weighted by Crippen LogP contribution is -2.06. The van der Waals surface area contributed by atoms with E-state index < -0.39 is 17.7 Å². The predicted octanol–water partition coefficient (Wildman–Crippen LogP) is 5.90. The Morgan fingerprint density at radius 3 is 2.57 bits per heavy atom. The van der Waals surface area contributed by atoms with Crippen LogP contribution in [0.25, 0.3) is 17.0 Å². The van der Waals surface area contributed by atoms with Crippen LogP contribution in [-0.4, -0.2) is 20.9 Å². The predicted molar refractivity (Wildman–Crippen MR) is 102 cm³/mol. The second kappa shape index (κ2) is 7.85. The van der Waals surface area contributed by atoms with Crippen molar-refractivity contribution >= 4 is 46.2 Å². The molecule has 0 atom stereocenters. The number of carbonyl (C=O) groups is 1. The van der Waals surface area contributed by atoms with Crippen LogP contribution in [-0.2, 0) is 17.5 Å². The van der Waals surface area contributed by atoms with E-state index >= 15 is 0 Å². The summed E-state index contributed by atoms with van der Waals surface area (Å²) in [5.74, 6) is -1.02. The number of hydrogen-bond donors (Lipinski definition) is 1. The molecule has 9 heteroatoms. The highest BCUT2D eigenvalue weighted by atomic mass is 35.5. The van der Waals surface area contributed by atoms with Crippen LogP contribution in [0, 0.1) is 0 Å². The van der Waals surface area contributed by atoms with Crippen molar-refractivity contribution in [3.05, 3.63) is 69.3 Å². The van der Waals surface area contributed by atoms with Crippen LogP contribution in [0.5, 0.6) is 0 Å². The molecule has 3 rings (SSSR count). The quantitative estimate of drug-likeness (QED) is 0.550. The number of carboxylic acid groups (broad SMARTS) is 1. The standard InChI is InChI=1S/C19H13Cl2F3N2O2/c20-13-6-4-11(15(21)9-13)10-26-17-8-12(19(22,23)24)5-7-14(17)16(25-26)2-1-3-18(27)28/h1-2,4-9H,3,10H2,(H,27,28). The number of alkyl halides is 3. The topological polar surface area (TPSA) is 55.1 Å². The Hall–Kier alpha value is -2.51. The maximum Gasteiger partial charge on any atom is 0.416 e. The van der Waals surface area contributed by atoms with Gasteiger partial charge in [0.2, 0.25) is 0 Å². The van der Waals surface area contributed by atoms with Gasteiger partial charge in [-0.25, -0.2) is 0 Å². The molecule has 1 heterocycles. The Bertz CT molecular complexity index is 1070. The van der Waals surface area contributed by atoms with Crippen LogP contribution >= 0.6 is 23.2 Å². The van der Waals surface area contributed by atoms with Gasteiger partial charge in [0, 0.05) is 15.4 Å². The van der Waals surface area contributed by atoms with Crippen LogP contribution in [0.4, 0.5) is 13.2 Å². The minimum Gasteiger partial charge on any atom is -0.481 e. The number of hydrogen-bond acceptors (Lipinski definition) is 2. The molecule has 28 heavy (non-hydrogen) atoms. The maximum atomic E-state index is 13.1. The SMILES string of the molecule is O=C(O)CC=Cc1nn(Cc2ccc(Cl)cc2Cl)c2cc(C(F)(F)F)ccc12. The Balaban J connectivity index is 2.10. The summed E-state index contributed by atoms with van der Waals surface area (Å²) in [6.07, 6.45) is -1.86. The lowest BCUT2D eigenvalue weighted by molar-refractivity contribution is -0.137. The molecule has 0 aliphatic heterocycles. The van der Waals surface area contributed by atoms with Crippen molar-refractivity contribution in [3.63, 3.8) is 0 Å². The van der Waals surface area contributed by atoms with E-state index in [-0.39, 0.29) is 18.5 Å². The Kier molecular flexibility index (Phi) is 5.67. The molecule has 0 bridgehead atoms. The van der Waals surface area contributed by atoms with E-state index in [9.17, 15) is 18.0 Å². The van der Waals surface area contributed by atoms with Gasteiger partial charge in [0.1, 0.15) is 0 Å². The third-order valence-corrected chi connectivity index (χ3v) is 4.60. The molecule has 0 unspecified atom stereocenters. The summed E-state index contributed by atoms with van der Waals surface area (Å²) in [6, 6.07) is 8.15. The fourth-order valence-corrected chi connectivity index (χ4v) is 3.17. The number of halogens is 5. The molecule has 3 aromatic rings. The van der Waals surface area contributed by atoms with Gasteiger partial charge in [-0.3, -0.25) is 9.48 Å². The molecule has 1 N–H and O–H groups in total.